The van der Waals surface area contributed by atoms with Crippen LogP contribution in [0.3, 0.4) is 0 Å². The predicted molar refractivity (Wildman–Crippen MR) is 104 cm³/mol. The molecule has 3 aromatic rings. The SMILES string of the molecule is C[C@H]([NH2+][C@@H](c1ccccc1)c1cccs1)C(=O)Nc1ccc(C#N)cc1. The van der Waals surface area contributed by atoms with E-state index in [4.69, 9.17) is 5.26 Å². The molecule has 0 saturated carbocycles. The van der Waals surface area contributed by atoms with Crippen molar-refractivity contribution in [3.8, 4) is 6.07 Å². The lowest BCUT2D eigenvalue weighted by molar-refractivity contribution is -0.703. The largest absolute Gasteiger partial charge is 0.326 e. The van der Waals surface area contributed by atoms with Gasteiger partial charge in [0, 0.05) is 11.3 Å². The third-order valence-electron chi connectivity index (χ3n) is 4.18. The van der Waals surface area contributed by atoms with Crippen molar-refractivity contribution in [2.75, 3.05) is 5.32 Å². The summed E-state index contributed by atoms with van der Waals surface area (Å²) >= 11 is 1.69. The van der Waals surface area contributed by atoms with Gasteiger partial charge in [-0.3, -0.25) is 4.79 Å². The van der Waals surface area contributed by atoms with E-state index in [1.54, 1.807) is 35.6 Å². The predicted octanol–water partition coefficient (Wildman–Crippen LogP) is 3.30. The standard InChI is InChI=1S/C21H19N3OS/c1-15(21(25)24-18-11-9-16(14-22)10-12-18)23-20(19-8-5-13-26-19)17-6-3-2-4-7-17/h2-13,15,20,23H,1H3,(H,24,25)/p+1/t15-,20-/m0/s1. The molecule has 0 aliphatic carbocycles. The molecular formula is C21H20N3OS+. The van der Waals surface area contributed by atoms with Crippen molar-refractivity contribution in [1.82, 2.24) is 0 Å². The molecule has 0 bridgehead atoms. The van der Waals surface area contributed by atoms with Crippen LogP contribution in [0.2, 0.25) is 0 Å². The second-order valence-corrected chi connectivity index (χ2v) is 7.04. The third-order valence-corrected chi connectivity index (χ3v) is 5.14. The van der Waals surface area contributed by atoms with Crippen molar-refractivity contribution in [2.24, 2.45) is 0 Å². The molecule has 3 N–H and O–H groups in total. The molecule has 1 heterocycles. The first kappa shape index (κ1) is 17.9. The average molecular weight is 362 g/mol. The second-order valence-electron chi connectivity index (χ2n) is 6.06. The number of quaternary nitrogens is 1. The lowest BCUT2D eigenvalue weighted by Gasteiger charge is -2.19. The molecule has 0 fully saturated rings. The van der Waals surface area contributed by atoms with Crippen LogP contribution in [0, 0.1) is 11.3 Å². The molecule has 2 aromatic carbocycles. The molecular weight excluding hydrogens is 342 g/mol. The molecule has 1 amide bonds. The zero-order valence-corrected chi connectivity index (χ0v) is 15.2. The summed E-state index contributed by atoms with van der Waals surface area (Å²) in [5, 5.41) is 15.9. The van der Waals surface area contributed by atoms with Gasteiger partial charge in [-0.15, -0.1) is 11.3 Å². The zero-order valence-electron chi connectivity index (χ0n) is 14.4. The molecule has 4 nitrogen and oxygen atoms in total. The molecule has 0 aliphatic heterocycles. The van der Waals surface area contributed by atoms with Gasteiger partial charge in [0.25, 0.3) is 5.91 Å². The Labute approximate surface area is 157 Å². The first-order chi connectivity index (χ1) is 12.7. The topological polar surface area (TPSA) is 69.5 Å². The molecule has 5 heteroatoms. The molecule has 0 aliphatic rings. The van der Waals surface area contributed by atoms with E-state index in [0.29, 0.717) is 11.3 Å². The quantitative estimate of drug-likeness (QED) is 0.706. The Kier molecular flexibility index (Phi) is 5.80. The number of hydrogen-bond acceptors (Lipinski definition) is 3. The number of carbonyl (C=O) groups excluding carboxylic acids is 1. The van der Waals surface area contributed by atoms with Crippen molar-refractivity contribution in [2.45, 2.75) is 19.0 Å². The molecule has 26 heavy (non-hydrogen) atoms. The van der Waals surface area contributed by atoms with E-state index in [1.165, 1.54) is 10.4 Å². The first-order valence-corrected chi connectivity index (χ1v) is 9.29. The minimum atomic E-state index is -0.266. The third kappa shape index (κ3) is 4.37. The molecule has 3 rings (SSSR count). The van der Waals surface area contributed by atoms with Crippen molar-refractivity contribution < 1.29 is 10.1 Å². The summed E-state index contributed by atoms with van der Waals surface area (Å²) in [7, 11) is 0. The van der Waals surface area contributed by atoms with Crippen LogP contribution in [0.25, 0.3) is 0 Å². The van der Waals surface area contributed by atoms with E-state index in [2.05, 4.69) is 40.3 Å². The Bertz CT molecular complexity index is 883. The smallest absolute Gasteiger partial charge is 0.282 e. The normalized spacial score (nSPS) is 12.8. The highest BCUT2D eigenvalue weighted by Gasteiger charge is 2.25. The summed E-state index contributed by atoms with van der Waals surface area (Å²) < 4.78 is 0. The summed E-state index contributed by atoms with van der Waals surface area (Å²) in [6.07, 6.45) is 0. The minimum Gasteiger partial charge on any atom is -0.326 e. The van der Waals surface area contributed by atoms with Gasteiger partial charge in [0.15, 0.2) is 6.04 Å². The fraction of sp³-hybridized carbons (Fsp3) is 0.143. The number of anilines is 1. The van der Waals surface area contributed by atoms with E-state index in [-0.39, 0.29) is 18.0 Å². The Hall–Kier alpha value is -2.94. The number of nitrogens with zero attached hydrogens (tertiary/aromatic N) is 1. The number of carbonyl (C=O) groups is 1. The highest BCUT2D eigenvalue weighted by molar-refractivity contribution is 7.10. The summed E-state index contributed by atoms with van der Waals surface area (Å²) in [5.74, 6) is -0.0628. The van der Waals surface area contributed by atoms with Gasteiger partial charge >= 0.3 is 0 Å². The van der Waals surface area contributed by atoms with Crippen molar-refractivity contribution in [1.29, 1.82) is 5.26 Å². The molecule has 1 aromatic heterocycles. The Morgan fingerprint density at radius 3 is 2.42 bits per heavy atom. The van der Waals surface area contributed by atoms with Crippen LogP contribution in [0.15, 0.2) is 72.1 Å². The number of amides is 1. The fourth-order valence-corrected chi connectivity index (χ4v) is 3.59. The van der Waals surface area contributed by atoms with E-state index in [9.17, 15) is 4.79 Å². The van der Waals surface area contributed by atoms with Gasteiger partial charge in [0.05, 0.1) is 16.5 Å². The lowest BCUT2D eigenvalue weighted by atomic mass is 10.0. The summed E-state index contributed by atoms with van der Waals surface area (Å²) in [6, 6.07) is 23.1. The lowest BCUT2D eigenvalue weighted by Crippen LogP contribution is -2.92. The molecule has 2 atom stereocenters. The van der Waals surface area contributed by atoms with Crippen molar-refractivity contribution >= 4 is 22.9 Å². The maximum atomic E-state index is 12.6. The van der Waals surface area contributed by atoms with E-state index in [1.807, 2.05) is 31.2 Å². The average Bonchev–Trinajstić information content (AvgIpc) is 3.21. The monoisotopic (exact) mass is 362 g/mol. The van der Waals surface area contributed by atoms with Crippen molar-refractivity contribution in [3.63, 3.8) is 0 Å². The van der Waals surface area contributed by atoms with Crippen LogP contribution in [-0.4, -0.2) is 11.9 Å². The molecule has 0 radical (unpaired) electrons. The maximum absolute atomic E-state index is 12.6. The number of nitrogens with two attached hydrogens (primary N) is 1. The van der Waals surface area contributed by atoms with Crippen LogP contribution in [0.5, 0.6) is 0 Å². The number of benzene rings is 2. The van der Waals surface area contributed by atoms with Gasteiger partial charge in [-0.05, 0) is 42.6 Å². The van der Waals surface area contributed by atoms with Crippen LogP contribution < -0.4 is 10.6 Å². The van der Waals surface area contributed by atoms with Gasteiger partial charge in [-0.2, -0.15) is 5.26 Å². The van der Waals surface area contributed by atoms with Gasteiger partial charge in [0.1, 0.15) is 6.04 Å². The minimum absolute atomic E-state index is 0.0628. The highest BCUT2D eigenvalue weighted by Crippen LogP contribution is 2.22. The molecule has 0 spiro atoms. The summed E-state index contributed by atoms with van der Waals surface area (Å²) in [6.45, 7) is 1.91. The number of hydrogen-bond donors (Lipinski definition) is 2. The van der Waals surface area contributed by atoms with Crippen LogP contribution in [0.4, 0.5) is 5.69 Å². The van der Waals surface area contributed by atoms with E-state index in [0.717, 1.165) is 0 Å². The summed E-state index contributed by atoms with van der Waals surface area (Å²) in [5.41, 5.74) is 2.44. The Morgan fingerprint density at radius 1 is 1.08 bits per heavy atom. The van der Waals surface area contributed by atoms with Crippen molar-refractivity contribution in [3.05, 3.63) is 88.1 Å². The Morgan fingerprint density at radius 2 is 1.81 bits per heavy atom. The van der Waals surface area contributed by atoms with Gasteiger partial charge < -0.3 is 10.6 Å². The number of nitrogens with one attached hydrogen (secondary N) is 1. The zero-order chi connectivity index (χ0) is 18.4. The molecule has 0 saturated heterocycles. The fourth-order valence-electron chi connectivity index (χ4n) is 2.76. The van der Waals surface area contributed by atoms with Gasteiger partial charge in [-0.25, -0.2) is 0 Å². The van der Waals surface area contributed by atoms with Gasteiger partial charge in [-0.1, -0.05) is 36.4 Å². The summed E-state index contributed by atoms with van der Waals surface area (Å²) in [4.78, 5) is 13.8. The van der Waals surface area contributed by atoms with Crippen LogP contribution in [0.1, 0.15) is 29.0 Å². The first-order valence-electron chi connectivity index (χ1n) is 8.41. The molecule has 0 unspecified atom stereocenters. The maximum Gasteiger partial charge on any atom is 0.282 e. The number of rotatable bonds is 6. The number of thiophene rings is 1. The second kappa shape index (κ2) is 8.43. The van der Waals surface area contributed by atoms with Crippen LogP contribution >= 0.6 is 11.3 Å². The molecule has 130 valence electrons. The van der Waals surface area contributed by atoms with Crippen LogP contribution in [-0.2, 0) is 4.79 Å². The Balaban J connectivity index is 1.72. The van der Waals surface area contributed by atoms with Gasteiger partial charge in [0.2, 0.25) is 0 Å². The van der Waals surface area contributed by atoms with E-state index < -0.39 is 0 Å². The van der Waals surface area contributed by atoms with E-state index >= 15 is 0 Å². The highest BCUT2D eigenvalue weighted by atomic mass is 32.1. The number of nitriles is 1.